The van der Waals surface area contributed by atoms with Crippen LogP contribution in [0, 0.1) is 0 Å². The zero-order chi connectivity index (χ0) is 21.2. The molecule has 4 aromatic rings. The van der Waals surface area contributed by atoms with Gasteiger partial charge in [-0.3, -0.25) is 9.59 Å². The van der Waals surface area contributed by atoms with Crippen molar-refractivity contribution in [1.29, 1.82) is 0 Å². The maximum atomic E-state index is 12.7. The topological polar surface area (TPSA) is 71.2 Å². The summed E-state index contributed by atoms with van der Waals surface area (Å²) in [5.41, 5.74) is 3.98. The minimum Gasteiger partial charge on any atom is -0.457 e. The highest BCUT2D eigenvalue weighted by Gasteiger charge is 2.17. The number of nitrogens with one attached hydrogen (secondary N) is 2. The Balaban J connectivity index is 1.34. The van der Waals surface area contributed by atoms with Crippen molar-refractivity contribution in [3.63, 3.8) is 0 Å². The Morgan fingerprint density at radius 3 is 2.32 bits per heavy atom. The number of hydrogen-bond donors (Lipinski definition) is 2. The van der Waals surface area contributed by atoms with E-state index in [0.717, 1.165) is 53.5 Å². The van der Waals surface area contributed by atoms with Crippen LogP contribution in [0.15, 0.2) is 77.6 Å². The lowest BCUT2D eigenvalue weighted by molar-refractivity contribution is 0.102. The number of aryl methyl sites for hydroxylation is 1. The van der Waals surface area contributed by atoms with E-state index in [2.05, 4.69) is 10.3 Å². The maximum absolute atomic E-state index is 12.7. The summed E-state index contributed by atoms with van der Waals surface area (Å²) >= 11 is 0. The molecule has 154 valence electrons. The number of ether oxygens (including phenoxy) is 1. The van der Waals surface area contributed by atoms with E-state index >= 15 is 0 Å². The molecule has 3 aromatic carbocycles. The summed E-state index contributed by atoms with van der Waals surface area (Å²) in [6.07, 6.45) is 3.93. The first-order valence-corrected chi connectivity index (χ1v) is 10.5. The van der Waals surface area contributed by atoms with Gasteiger partial charge in [0.05, 0.1) is 5.52 Å². The van der Waals surface area contributed by atoms with Crippen molar-refractivity contribution >= 4 is 22.5 Å². The molecule has 0 aliphatic heterocycles. The minimum atomic E-state index is -0.217. The number of rotatable bonds is 4. The number of aromatic nitrogens is 1. The number of benzene rings is 3. The fourth-order valence-corrected chi connectivity index (χ4v) is 4.14. The van der Waals surface area contributed by atoms with E-state index in [1.807, 2.05) is 48.5 Å². The van der Waals surface area contributed by atoms with Gasteiger partial charge >= 0.3 is 0 Å². The van der Waals surface area contributed by atoms with E-state index in [4.69, 9.17) is 4.74 Å². The van der Waals surface area contributed by atoms with Gasteiger partial charge in [-0.1, -0.05) is 24.3 Å². The van der Waals surface area contributed by atoms with Crippen LogP contribution in [0.1, 0.15) is 34.3 Å². The Morgan fingerprint density at radius 2 is 1.55 bits per heavy atom. The van der Waals surface area contributed by atoms with Gasteiger partial charge < -0.3 is 15.0 Å². The lowest BCUT2D eigenvalue weighted by Gasteiger charge is -2.17. The van der Waals surface area contributed by atoms with Gasteiger partial charge in [0, 0.05) is 22.2 Å². The van der Waals surface area contributed by atoms with Crippen LogP contribution in [0.2, 0.25) is 0 Å². The molecule has 1 amide bonds. The van der Waals surface area contributed by atoms with Gasteiger partial charge in [0.15, 0.2) is 0 Å². The second-order valence-corrected chi connectivity index (χ2v) is 7.77. The van der Waals surface area contributed by atoms with Crippen LogP contribution >= 0.6 is 0 Å². The number of hydrogen-bond acceptors (Lipinski definition) is 3. The average molecular weight is 410 g/mol. The van der Waals surface area contributed by atoms with Crippen molar-refractivity contribution < 1.29 is 9.53 Å². The van der Waals surface area contributed by atoms with E-state index in [0.29, 0.717) is 17.0 Å². The molecule has 0 radical (unpaired) electrons. The molecule has 1 aliphatic rings. The number of carbonyl (C=O) groups is 1. The molecule has 5 heteroatoms. The summed E-state index contributed by atoms with van der Waals surface area (Å²) in [6, 6.07) is 22.2. The average Bonchev–Trinajstić information content (AvgIpc) is 2.80. The molecule has 1 aliphatic carbocycles. The predicted molar refractivity (Wildman–Crippen MR) is 122 cm³/mol. The smallest absolute Gasteiger partial charge is 0.255 e. The Bertz CT molecular complexity index is 1310. The fraction of sp³-hybridized carbons (Fsp3) is 0.154. The summed E-state index contributed by atoms with van der Waals surface area (Å²) in [5, 5.41) is 3.98. The first-order valence-electron chi connectivity index (χ1n) is 10.5. The predicted octanol–water partition coefficient (Wildman–Crippen LogP) is 5.45. The number of aromatic amines is 1. The van der Waals surface area contributed by atoms with Gasteiger partial charge in [-0.15, -0.1) is 0 Å². The van der Waals surface area contributed by atoms with E-state index in [1.165, 1.54) is 0 Å². The highest BCUT2D eigenvalue weighted by atomic mass is 16.5. The number of amides is 1. The lowest BCUT2D eigenvalue weighted by atomic mass is 9.90. The number of carbonyl (C=O) groups excluding carboxylic acids is 1. The molecule has 0 fully saturated rings. The van der Waals surface area contributed by atoms with Gasteiger partial charge in [-0.05, 0) is 79.8 Å². The van der Waals surface area contributed by atoms with Crippen molar-refractivity contribution in [1.82, 2.24) is 4.98 Å². The molecule has 31 heavy (non-hydrogen) atoms. The number of pyridine rings is 1. The molecule has 0 bridgehead atoms. The standard InChI is InChI=1S/C26H22N2O3/c29-25(17-10-13-20(14-11-17)31-19-6-2-1-3-7-19)27-18-12-15-22-21-8-4-5-9-23(21)26(30)28-24(22)16-18/h1-3,6-7,10-16H,4-5,8-9H2,(H,27,29)(H,28,30). The summed E-state index contributed by atoms with van der Waals surface area (Å²) in [4.78, 5) is 28.1. The summed E-state index contributed by atoms with van der Waals surface area (Å²) in [6.45, 7) is 0. The van der Waals surface area contributed by atoms with Crippen molar-refractivity contribution in [3.8, 4) is 11.5 Å². The highest BCUT2D eigenvalue weighted by molar-refractivity contribution is 6.05. The summed E-state index contributed by atoms with van der Waals surface area (Å²) in [5.74, 6) is 1.19. The largest absolute Gasteiger partial charge is 0.457 e. The number of fused-ring (bicyclic) bond motifs is 3. The molecule has 0 atom stereocenters. The quantitative estimate of drug-likeness (QED) is 0.470. The third-order valence-corrected chi connectivity index (χ3v) is 5.69. The Labute approximate surface area is 179 Å². The van der Waals surface area contributed by atoms with Gasteiger partial charge in [-0.2, -0.15) is 0 Å². The Kier molecular flexibility index (Phi) is 5.00. The third kappa shape index (κ3) is 3.94. The van der Waals surface area contributed by atoms with Crippen LogP contribution in [-0.2, 0) is 12.8 Å². The zero-order valence-electron chi connectivity index (χ0n) is 17.0. The SMILES string of the molecule is O=C(Nc1ccc2c3c(c(=O)[nH]c2c1)CCCC3)c1ccc(Oc2ccccc2)cc1. The van der Waals surface area contributed by atoms with Crippen LogP contribution in [0.3, 0.4) is 0 Å². The number of H-pyrrole nitrogens is 1. The molecule has 0 unspecified atom stereocenters. The van der Waals surface area contributed by atoms with Crippen LogP contribution < -0.4 is 15.6 Å². The number of para-hydroxylation sites is 1. The van der Waals surface area contributed by atoms with Crippen LogP contribution in [0.4, 0.5) is 5.69 Å². The van der Waals surface area contributed by atoms with E-state index in [1.54, 1.807) is 24.3 Å². The third-order valence-electron chi connectivity index (χ3n) is 5.69. The lowest BCUT2D eigenvalue weighted by Crippen LogP contribution is -2.19. The second-order valence-electron chi connectivity index (χ2n) is 7.77. The molecule has 0 saturated carbocycles. The van der Waals surface area contributed by atoms with Crippen molar-refractivity contribution in [2.75, 3.05) is 5.32 Å². The van der Waals surface area contributed by atoms with Crippen molar-refractivity contribution in [2.45, 2.75) is 25.7 Å². The number of anilines is 1. The first-order chi connectivity index (χ1) is 15.2. The highest BCUT2D eigenvalue weighted by Crippen LogP contribution is 2.27. The summed E-state index contributed by atoms with van der Waals surface area (Å²) < 4.78 is 5.77. The van der Waals surface area contributed by atoms with Crippen LogP contribution in [0.25, 0.3) is 10.9 Å². The fourth-order valence-electron chi connectivity index (χ4n) is 4.14. The van der Waals surface area contributed by atoms with Gasteiger partial charge in [0.2, 0.25) is 0 Å². The minimum absolute atomic E-state index is 0.0142. The Morgan fingerprint density at radius 1 is 0.839 bits per heavy atom. The first kappa shape index (κ1) is 19.1. The van der Waals surface area contributed by atoms with Crippen molar-refractivity contribution in [3.05, 3.63) is 99.8 Å². The second kappa shape index (κ2) is 8.11. The van der Waals surface area contributed by atoms with Crippen LogP contribution in [-0.4, -0.2) is 10.9 Å². The van der Waals surface area contributed by atoms with E-state index < -0.39 is 0 Å². The maximum Gasteiger partial charge on any atom is 0.255 e. The van der Waals surface area contributed by atoms with Crippen molar-refractivity contribution in [2.24, 2.45) is 0 Å². The molecule has 5 rings (SSSR count). The molecular formula is C26H22N2O3. The zero-order valence-corrected chi connectivity index (χ0v) is 17.0. The van der Waals surface area contributed by atoms with Gasteiger partial charge in [0.1, 0.15) is 11.5 Å². The normalized spacial score (nSPS) is 12.9. The molecule has 2 N–H and O–H groups in total. The van der Waals surface area contributed by atoms with Gasteiger partial charge in [0.25, 0.3) is 11.5 Å². The molecular weight excluding hydrogens is 388 g/mol. The monoisotopic (exact) mass is 410 g/mol. The molecule has 0 spiro atoms. The molecule has 1 aromatic heterocycles. The van der Waals surface area contributed by atoms with E-state index in [-0.39, 0.29) is 11.5 Å². The Hall–Kier alpha value is -3.86. The molecule has 1 heterocycles. The molecule has 5 nitrogen and oxygen atoms in total. The van der Waals surface area contributed by atoms with Crippen LogP contribution in [0.5, 0.6) is 11.5 Å². The molecule has 0 saturated heterocycles. The van der Waals surface area contributed by atoms with Gasteiger partial charge in [-0.25, -0.2) is 0 Å². The van der Waals surface area contributed by atoms with E-state index in [9.17, 15) is 9.59 Å². The summed E-state index contributed by atoms with van der Waals surface area (Å²) in [7, 11) is 0.